The number of hydrogen-bond donors (Lipinski definition) is 2. The van der Waals surface area contributed by atoms with Gasteiger partial charge in [0.05, 0.1) is 12.6 Å². The normalized spacial score (nSPS) is 21.3. The molecule has 5 heteroatoms. The molecule has 1 aliphatic rings. The van der Waals surface area contributed by atoms with Crippen molar-refractivity contribution in [2.24, 2.45) is 5.73 Å². The largest absolute Gasteiger partial charge is 0.379 e. The third-order valence-electron chi connectivity index (χ3n) is 2.43. The van der Waals surface area contributed by atoms with E-state index in [0.717, 1.165) is 31.6 Å². The Morgan fingerprint density at radius 3 is 2.87 bits per heavy atom. The number of anilines is 1. The van der Waals surface area contributed by atoms with Crippen LogP contribution in [0.2, 0.25) is 0 Å². The lowest BCUT2D eigenvalue weighted by atomic mass is 10.1. The second-order valence-electron chi connectivity index (χ2n) is 3.68. The van der Waals surface area contributed by atoms with Gasteiger partial charge in [-0.15, -0.1) is 0 Å². The van der Waals surface area contributed by atoms with E-state index in [2.05, 4.69) is 15.3 Å². The van der Waals surface area contributed by atoms with Gasteiger partial charge in [0.1, 0.15) is 0 Å². The average Bonchev–Trinajstić information content (AvgIpc) is 2.31. The highest BCUT2D eigenvalue weighted by atomic mass is 16.5. The Labute approximate surface area is 89.1 Å². The summed E-state index contributed by atoms with van der Waals surface area (Å²) in [7, 11) is 0. The van der Waals surface area contributed by atoms with Crippen LogP contribution in [0.1, 0.15) is 18.4 Å². The summed E-state index contributed by atoms with van der Waals surface area (Å²) < 4.78 is 5.36. The van der Waals surface area contributed by atoms with E-state index < -0.39 is 0 Å². The summed E-state index contributed by atoms with van der Waals surface area (Å²) in [5.41, 5.74) is 6.41. The van der Waals surface area contributed by atoms with Crippen LogP contribution in [0.4, 0.5) is 5.95 Å². The van der Waals surface area contributed by atoms with Crippen LogP contribution in [0, 0.1) is 0 Å². The first kappa shape index (κ1) is 10.3. The molecule has 1 unspecified atom stereocenters. The summed E-state index contributed by atoms with van der Waals surface area (Å²) >= 11 is 0. The Balaban J connectivity index is 1.91. The average molecular weight is 208 g/mol. The van der Waals surface area contributed by atoms with Crippen molar-refractivity contribution in [3.05, 3.63) is 18.0 Å². The first-order chi connectivity index (χ1) is 7.38. The van der Waals surface area contributed by atoms with E-state index in [0.29, 0.717) is 18.5 Å². The fourth-order valence-corrected chi connectivity index (χ4v) is 1.57. The van der Waals surface area contributed by atoms with Crippen LogP contribution in [-0.4, -0.2) is 29.2 Å². The van der Waals surface area contributed by atoms with Gasteiger partial charge in [0.25, 0.3) is 0 Å². The molecular weight excluding hydrogens is 192 g/mol. The second kappa shape index (κ2) is 5.04. The number of nitrogens with two attached hydrogens (primary N) is 1. The van der Waals surface area contributed by atoms with Crippen LogP contribution in [-0.2, 0) is 11.3 Å². The lowest BCUT2D eigenvalue weighted by Crippen LogP contribution is -2.30. The van der Waals surface area contributed by atoms with Crippen molar-refractivity contribution in [1.29, 1.82) is 0 Å². The Morgan fingerprint density at radius 2 is 2.27 bits per heavy atom. The second-order valence-corrected chi connectivity index (χ2v) is 3.68. The molecule has 1 aromatic rings. The van der Waals surface area contributed by atoms with E-state index in [4.69, 9.17) is 10.5 Å². The van der Waals surface area contributed by atoms with Gasteiger partial charge in [-0.05, 0) is 12.8 Å². The quantitative estimate of drug-likeness (QED) is 0.758. The maximum Gasteiger partial charge on any atom is 0.222 e. The molecule has 2 heterocycles. The highest BCUT2D eigenvalue weighted by Crippen LogP contribution is 2.10. The first-order valence-electron chi connectivity index (χ1n) is 5.24. The molecule has 0 aromatic carbocycles. The van der Waals surface area contributed by atoms with Gasteiger partial charge in [-0.3, -0.25) is 0 Å². The van der Waals surface area contributed by atoms with E-state index in [1.807, 2.05) is 0 Å². The molecule has 1 aromatic heterocycles. The van der Waals surface area contributed by atoms with Gasteiger partial charge in [0.2, 0.25) is 5.95 Å². The molecule has 82 valence electrons. The lowest BCUT2D eigenvalue weighted by Gasteiger charge is -2.22. The van der Waals surface area contributed by atoms with E-state index in [-0.39, 0.29) is 0 Å². The summed E-state index contributed by atoms with van der Waals surface area (Å²) in [4.78, 5) is 8.37. The standard InChI is InChI=1S/C10H16N4O/c11-4-8-5-12-10(13-6-8)14-9-2-1-3-15-7-9/h5-6,9H,1-4,7,11H2,(H,12,13,14). The molecule has 0 spiro atoms. The SMILES string of the molecule is NCc1cnc(NC2CCCOC2)nc1. The van der Waals surface area contributed by atoms with Crippen LogP contribution in [0.15, 0.2) is 12.4 Å². The predicted octanol–water partition coefficient (Wildman–Crippen LogP) is 0.526. The minimum atomic E-state index is 0.336. The highest BCUT2D eigenvalue weighted by Gasteiger charge is 2.14. The van der Waals surface area contributed by atoms with Crippen molar-refractivity contribution in [1.82, 2.24) is 9.97 Å². The number of hydrogen-bond acceptors (Lipinski definition) is 5. The van der Waals surface area contributed by atoms with E-state index in [1.54, 1.807) is 12.4 Å². The maximum atomic E-state index is 5.46. The molecule has 2 rings (SSSR count). The number of nitrogens with one attached hydrogen (secondary N) is 1. The van der Waals surface area contributed by atoms with Crippen molar-refractivity contribution < 1.29 is 4.74 Å². The smallest absolute Gasteiger partial charge is 0.222 e. The molecule has 0 aliphatic carbocycles. The van der Waals surface area contributed by atoms with Crippen molar-refractivity contribution >= 4 is 5.95 Å². The topological polar surface area (TPSA) is 73.1 Å². The molecule has 0 bridgehead atoms. The summed E-state index contributed by atoms with van der Waals surface area (Å²) in [6.45, 7) is 2.08. The summed E-state index contributed by atoms with van der Waals surface area (Å²) in [6, 6.07) is 0.336. The molecule has 1 fully saturated rings. The molecule has 5 nitrogen and oxygen atoms in total. The van der Waals surface area contributed by atoms with E-state index >= 15 is 0 Å². The predicted molar refractivity (Wildman–Crippen MR) is 57.4 cm³/mol. The van der Waals surface area contributed by atoms with Crippen LogP contribution in [0.3, 0.4) is 0 Å². The van der Waals surface area contributed by atoms with Gasteiger partial charge < -0.3 is 15.8 Å². The van der Waals surface area contributed by atoms with Crippen LogP contribution >= 0.6 is 0 Å². The van der Waals surface area contributed by atoms with E-state index in [9.17, 15) is 0 Å². The lowest BCUT2D eigenvalue weighted by molar-refractivity contribution is 0.0874. The third kappa shape index (κ3) is 2.87. The molecule has 3 N–H and O–H groups in total. The van der Waals surface area contributed by atoms with E-state index in [1.165, 1.54) is 0 Å². The van der Waals surface area contributed by atoms with Gasteiger partial charge in [-0.25, -0.2) is 9.97 Å². The van der Waals surface area contributed by atoms with Crippen LogP contribution < -0.4 is 11.1 Å². The molecule has 0 saturated carbocycles. The number of nitrogens with zero attached hydrogens (tertiary/aromatic N) is 2. The molecule has 1 aliphatic heterocycles. The molecule has 0 radical (unpaired) electrons. The summed E-state index contributed by atoms with van der Waals surface area (Å²) in [5, 5.41) is 3.24. The Morgan fingerprint density at radius 1 is 1.47 bits per heavy atom. The van der Waals surface area contributed by atoms with Gasteiger partial charge in [-0.1, -0.05) is 0 Å². The van der Waals surface area contributed by atoms with Gasteiger partial charge in [-0.2, -0.15) is 0 Å². The maximum absolute atomic E-state index is 5.46. The first-order valence-corrected chi connectivity index (χ1v) is 5.24. The minimum Gasteiger partial charge on any atom is -0.379 e. The Bertz CT molecular complexity index is 295. The highest BCUT2D eigenvalue weighted by molar-refractivity contribution is 5.26. The summed E-state index contributed by atoms with van der Waals surface area (Å²) in [5.74, 6) is 0.655. The summed E-state index contributed by atoms with van der Waals surface area (Å²) in [6.07, 6.45) is 5.71. The molecule has 1 atom stereocenters. The third-order valence-corrected chi connectivity index (χ3v) is 2.43. The Kier molecular flexibility index (Phi) is 3.47. The zero-order chi connectivity index (χ0) is 10.5. The Hall–Kier alpha value is -1.20. The zero-order valence-corrected chi connectivity index (χ0v) is 8.65. The minimum absolute atomic E-state index is 0.336. The number of aromatic nitrogens is 2. The zero-order valence-electron chi connectivity index (χ0n) is 8.65. The fraction of sp³-hybridized carbons (Fsp3) is 0.600. The van der Waals surface area contributed by atoms with Crippen LogP contribution in [0.5, 0.6) is 0 Å². The van der Waals surface area contributed by atoms with Crippen molar-refractivity contribution in [2.45, 2.75) is 25.4 Å². The van der Waals surface area contributed by atoms with Gasteiger partial charge >= 0.3 is 0 Å². The molecule has 1 saturated heterocycles. The van der Waals surface area contributed by atoms with Crippen molar-refractivity contribution in [3.8, 4) is 0 Å². The molecular formula is C10H16N4O. The number of ether oxygens (including phenoxy) is 1. The fourth-order valence-electron chi connectivity index (χ4n) is 1.57. The van der Waals surface area contributed by atoms with Gasteiger partial charge in [0.15, 0.2) is 0 Å². The molecule has 0 amide bonds. The monoisotopic (exact) mass is 208 g/mol. The number of rotatable bonds is 3. The molecule has 15 heavy (non-hydrogen) atoms. The van der Waals surface area contributed by atoms with Crippen LogP contribution in [0.25, 0.3) is 0 Å². The van der Waals surface area contributed by atoms with Crippen molar-refractivity contribution in [2.75, 3.05) is 18.5 Å². The van der Waals surface area contributed by atoms with Gasteiger partial charge in [0, 0.05) is 31.1 Å². The van der Waals surface area contributed by atoms with Crippen molar-refractivity contribution in [3.63, 3.8) is 0 Å².